The lowest BCUT2D eigenvalue weighted by Gasteiger charge is -2.32. The fourth-order valence-electron chi connectivity index (χ4n) is 4.86. The van der Waals surface area contributed by atoms with Gasteiger partial charge < -0.3 is 14.9 Å². The molecule has 1 aliphatic heterocycles. The van der Waals surface area contributed by atoms with Gasteiger partial charge in [-0.3, -0.25) is 9.69 Å². The number of ether oxygens (including phenoxy) is 1. The number of hydrogen-bond acceptors (Lipinski definition) is 5. The van der Waals surface area contributed by atoms with Crippen molar-refractivity contribution < 1.29 is 18.7 Å². The molecule has 2 aromatic rings. The van der Waals surface area contributed by atoms with E-state index in [9.17, 15) is 9.59 Å². The predicted octanol–water partition coefficient (Wildman–Crippen LogP) is 3.23. The molecule has 3 atom stereocenters. The molecular weight excluding hydrogens is 344 g/mol. The third kappa shape index (κ3) is 3.23. The Morgan fingerprint density at radius 3 is 2.81 bits per heavy atom. The van der Waals surface area contributed by atoms with E-state index in [0.29, 0.717) is 42.0 Å². The van der Waals surface area contributed by atoms with E-state index in [4.69, 9.17) is 14.9 Å². The number of benzene rings is 1. The van der Waals surface area contributed by atoms with E-state index in [-0.39, 0.29) is 17.9 Å². The first-order chi connectivity index (χ1) is 13.1. The number of carbonyl (C=O) groups excluding carboxylic acids is 2. The van der Waals surface area contributed by atoms with E-state index < -0.39 is 0 Å². The third-order valence-corrected chi connectivity index (χ3v) is 6.02. The number of esters is 1. The second kappa shape index (κ2) is 7.35. The average Bonchev–Trinajstić information content (AvgIpc) is 3.21. The highest BCUT2D eigenvalue weighted by Crippen LogP contribution is 2.41. The van der Waals surface area contributed by atoms with Gasteiger partial charge >= 0.3 is 5.97 Å². The molecule has 6 heteroatoms. The summed E-state index contributed by atoms with van der Waals surface area (Å²) in [6, 6.07) is 7.49. The zero-order chi connectivity index (χ0) is 19.0. The number of nitrogens with zero attached hydrogens (tertiary/aromatic N) is 1. The maximum Gasteiger partial charge on any atom is 0.342 e. The molecule has 1 saturated carbocycles. The Morgan fingerprint density at radius 2 is 2.04 bits per heavy atom. The smallest absolute Gasteiger partial charge is 0.342 e. The van der Waals surface area contributed by atoms with Crippen LogP contribution < -0.4 is 5.73 Å². The highest BCUT2D eigenvalue weighted by molar-refractivity contribution is 6.04. The molecule has 2 fully saturated rings. The van der Waals surface area contributed by atoms with E-state index in [2.05, 4.69) is 4.90 Å². The maximum absolute atomic E-state index is 12.6. The van der Waals surface area contributed by atoms with Crippen LogP contribution in [0.5, 0.6) is 0 Å². The summed E-state index contributed by atoms with van der Waals surface area (Å²) in [5.74, 6) is 0.379. The van der Waals surface area contributed by atoms with Crippen LogP contribution >= 0.6 is 0 Å². The van der Waals surface area contributed by atoms with Crippen molar-refractivity contribution in [2.24, 2.45) is 11.7 Å². The first-order valence-corrected chi connectivity index (χ1v) is 9.82. The third-order valence-electron chi connectivity index (χ3n) is 6.02. The summed E-state index contributed by atoms with van der Waals surface area (Å²) >= 11 is 0. The van der Waals surface area contributed by atoms with Gasteiger partial charge in [-0.1, -0.05) is 31.0 Å². The van der Waals surface area contributed by atoms with Crippen LogP contribution in [0.1, 0.15) is 55.1 Å². The van der Waals surface area contributed by atoms with Crippen molar-refractivity contribution in [1.29, 1.82) is 0 Å². The van der Waals surface area contributed by atoms with Crippen LogP contribution in [0.25, 0.3) is 11.0 Å². The molecule has 1 amide bonds. The number of likely N-dealkylation sites (tertiary alicyclic amines) is 1. The van der Waals surface area contributed by atoms with Crippen LogP contribution in [0, 0.1) is 5.92 Å². The molecule has 0 spiro atoms. The number of fused-ring (bicyclic) bond motifs is 2. The lowest BCUT2D eigenvalue weighted by atomic mass is 9.84. The molecule has 0 unspecified atom stereocenters. The minimum atomic E-state index is -0.382. The van der Waals surface area contributed by atoms with Gasteiger partial charge in [-0.15, -0.1) is 0 Å². The zero-order valence-corrected chi connectivity index (χ0v) is 15.6. The van der Waals surface area contributed by atoms with Crippen LogP contribution in [0.4, 0.5) is 0 Å². The van der Waals surface area contributed by atoms with Crippen LogP contribution in [0.2, 0.25) is 0 Å². The lowest BCUT2D eigenvalue weighted by molar-refractivity contribution is -0.123. The molecule has 2 aliphatic rings. The largest absolute Gasteiger partial charge is 0.462 e. The Labute approximate surface area is 158 Å². The normalized spacial score (nSPS) is 25.4. The first-order valence-electron chi connectivity index (χ1n) is 9.82. The summed E-state index contributed by atoms with van der Waals surface area (Å²) in [6.07, 6.45) is 5.36. The first kappa shape index (κ1) is 18.0. The molecule has 4 rings (SSSR count). The minimum Gasteiger partial charge on any atom is -0.462 e. The lowest BCUT2D eigenvalue weighted by Crippen LogP contribution is -2.44. The molecule has 6 nitrogen and oxygen atoms in total. The summed E-state index contributed by atoms with van der Waals surface area (Å²) in [4.78, 5) is 26.9. The van der Waals surface area contributed by atoms with Crippen molar-refractivity contribution in [1.82, 2.24) is 4.90 Å². The zero-order valence-electron chi connectivity index (χ0n) is 15.6. The van der Waals surface area contributed by atoms with Gasteiger partial charge in [0.15, 0.2) is 0 Å². The van der Waals surface area contributed by atoms with Crippen molar-refractivity contribution in [2.45, 2.75) is 57.7 Å². The molecule has 27 heavy (non-hydrogen) atoms. The second-order valence-electron chi connectivity index (χ2n) is 7.55. The summed E-state index contributed by atoms with van der Waals surface area (Å²) in [5.41, 5.74) is 6.84. The summed E-state index contributed by atoms with van der Waals surface area (Å²) in [7, 11) is 0. The Bertz CT molecular complexity index is 859. The molecule has 2 N–H and O–H groups in total. The Balaban J connectivity index is 1.72. The molecule has 1 aromatic carbocycles. The van der Waals surface area contributed by atoms with Crippen LogP contribution in [-0.2, 0) is 16.1 Å². The van der Waals surface area contributed by atoms with Crippen molar-refractivity contribution in [3.63, 3.8) is 0 Å². The Hall–Kier alpha value is -2.34. The van der Waals surface area contributed by atoms with Gasteiger partial charge in [0.05, 0.1) is 19.2 Å². The fourth-order valence-corrected chi connectivity index (χ4v) is 4.86. The minimum absolute atomic E-state index is 0.293. The number of furan rings is 1. The monoisotopic (exact) mass is 370 g/mol. The van der Waals surface area contributed by atoms with Gasteiger partial charge in [0.1, 0.15) is 16.9 Å². The summed E-state index contributed by atoms with van der Waals surface area (Å²) < 4.78 is 11.3. The van der Waals surface area contributed by atoms with Crippen molar-refractivity contribution in [2.75, 3.05) is 6.61 Å². The Morgan fingerprint density at radius 1 is 1.26 bits per heavy atom. The van der Waals surface area contributed by atoms with Gasteiger partial charge in [0.2, 0.25) is 5.91 Å². The number of para-hydroxylation sites is 1. The van der Waals surface area contributed by atoms with Crippen molar-refractivity contribution in [3.05, 3.63) is 35.6 Å². The molecule has 1 aliphatic carbocycles. The van der Waals surface area contributed by atoms with Crippen LogP contribution in [0.15, 0.2) is 28.7 Å². The predicted molar refractivity (Wildman–Crippen MR) is 101 cm³/mol. The molecule has 0 bridgehead atoms. The molecular formula is C21H26N2O4. The molecule has 2 heterocycles. The second-order valence-corrected chi connectivity index (χ2v) is 7.55. The quantitative estimate of drug-likeness (QED) is 0.817. The molecule has 1 saturated heterocycles. The topological polar surface area (TPSA) is 85.8 Å². The van der Waals surface area contributed by atoms with E-state index >= 15 is 0 Å². The van der Waals surface area contributed by atoms with Gasteiger partial charge in [-0.05, 0) is 38.2 Å². The number of hydrogen-bond donors (Lipinski definition) is 1. The fraction of sp³-hybridized carbons (Fsp3) is 0.524. The number of primary amides is 1. The van der Waals surface area contributed by atoms with E-state index in [1.54, 1.807) is 6.92 Å². The van der Waals surface area contributed by atoms with Gasteiger partial charge in [-0.25, -0.2) is 4.79 Å². The maximum atomic E-state index is 12.6. The SMILES string of the molecule is CCOC(=O)c1c(CN2[C@H](C(N)=O)C[C@@H]3CCCC[C@@H]32)oc2ccccc12. The van der Waals surface area contributed by atoms with Crippen molar-refractivity contribution in [3.8, 4) is 0 Å². The molecule has 1 aromatic heterocycles. The van der Waals surface area contributed by atoms with Crippen LogP contribution in [-0.4, -0.2) is 35.5 Å². The van der Waals surface area contributed by atoms with Crippen LogP contribution in [0.3, 0.4) is 0 Å². The van der Waals surface area contributed by atoms with Gasteiger partial charge in [0.25, 0.3) is 0 Å². The van der Waals surface area contributed by atoms with E-state index in [1.165, 1.54) is 6.42 Å². The highest BCUT2D eigenvalue weighted by Gasteiger charge is 2.45. The number of nitrogens with two attached hydrogens (primary N) is 1. The number of rotatable bonds is 5. The molecule has 0 radical (unpaired) electrons. The molecule has 144 valence electrons. The van der Waals surface area contributed by atoms with Gasteiger partial charge in [0, 0.05) is 11.4 Å². The highest BCUT2D eigenvalue weighted by atomic mass is 16.5. The Kier molecular flexibility index (Phi) is 4.91. The average molecular weight is 370 g/mol. The van der Waals surface area contributed by atoms with Crippen molar-refractivity contribution >= 4 is 22.8 Å². The standard InChI is InChI=1S/C21H26N2O4/c1-2-26-21(25)19-14-8-4-6-10-17(14)27-18(19)12-23-15-9-5-3-7-13(15)11-16(23)20(22)24/h4,6,8,10,13,15-16H,2-3,5,7,9,11-12H2,1H3,(H2,22,24)/t13-,15-,16-/m0/s1. The number of amides is 1. The number of carbonyl (C=O) groups is 2. The summed E-state index contributed by atoms with van der Waals surface area (Å²) in [5, 5.41) is 0.751. The summed E-state index contributed by atoms with van der Waals surface area (Å²) in [6.45, 7) is 2.49. The van der Waals surface area contributed by atoms with E-state index in [1.807, 2.05) is 24.3 Å². The van der Waals surface area contributed by atoms with Gasteiger partial charge in [-0.2, -0.15) is 0 Å². The van der Waals surface area contributed by atoms with E-state index in [0.717, 1.165) is 31.1 Å².